The van der Waals surface area contributed by atoms with Crippen molar-refractivity contribution in [3.05, 3.63) is 23.8 Å². The lowest BCUT2D eigenvalue weighted by molar-refractivity contribution is -0.244. The van der Waals surface area contributed by atoms with Gasteiger partial charge in [-0.1, -0.05) is 52.3 Å². The van der Waals surface area contributed by atoms with E-state index in [1.54, 1.807) is 26.0 Å². The fourth-order valence-corrected chi connectivity index (χ4v) is 10.1. The number of fused-ring (bicyclic) bond motifs is 5. The van der Waals surface area contributed by atoms with E-state index in [4.69, 9.17) is 9.47 Å². The van der Waals surface area contributed by atoms with Gasteiger partial charge in [0, 0.05) is 41.9 Å². The fourth-order valence-electron chi connectivity index (χ4n) is 10.1. The van der Waals surface area contributed by atoms with Crippen molar-refractivity contribution < 1.29 is 44.3 Å². The number of ketones is 2. The summed E-state index contributed by atoms with van der Waals surface area (Å²) in [5.41, 5.74) is -3.72. The van der Waals surface area contributed by atoms with Gasteiger partial charge in [0.1, 0.15) is 6.10 Å². The molecular weight excluding hydrogens is 528 g/mol. The number of hydrogen-bond acceptors (Lipinski definition) is 9. The summed E-state index contributed by atoms with van der Waals surface area (Å²) in [4.78, 5) is 38.3. The number of esters is 1. The van der Waals surface area contributed by atoms with Crippen molar-refractivity contribution in [2.75, 3.05) is 0 Å². The molecule has 0 radical (unpaired) electrons. The highest BCUT2D eigenvalue weighted by molar-refractivity contribution is 5.95. The Kier molecular flexibility index (Phi) is 6.92. The molecule has 5 aliphatic rings. The van der Waals surface area contributed by atoms with E-state index in [0.717, 1.165) is 5.57 Å². The van der Waals surface area contributed by atoms with Gasteiger partial charge in [0.2, 0.25) is 6.29 Å². The maximum Gasteiger partial charge on any atom is 0.304 e. The quantitative estimate of drug-likeness (QED) is 0.288. The molecule has 41 heavy (non-hydrogen) atoms. The fraction of sp³-hybridized carbons (Fsp3) is 0.781. The summed E-state index contributed by atoms with van der Waals surface area (Å²) in [7, 11) is 0. The van der Waals surface area contributed by atoms with E-state index in [9.17, 15) is 34.8 Å². The summed E-state index contributed by atoms with van der Waals surface area (Å²) in [6.45, 7) is 14.1. The average molecular weight is 575 g/mol. The van der Waals surface area contributed by atoms with Crippen LogP contribution in [0.3, 0.4) is 0 Å². The molecule has 9 heteroatoms. The zero-order valence-corrected chi connectivity index (χ0v) is 25.4. The van der Waals surface area contributed by atoms with Crippen molar-refractivity contribution >= 4 is 17.5 Å². The Labute approximate surface area is 242 Å². The molecule has 0 aromatic rings. The summed E-state index contributed by atoms with van der Waals surface area (Å²) in [6.07, 6.45) is 0.0551. The third-order valence-corrected chi connectivity index (χ3v) is 11.9. The largest absolute Gasteiger partial charge is 0.436 e. The second kappa shape index (κ2) is 9.29. The maximum absolute atomic E-state index is 13.2. The van der Waals surface area contributed by atoms with Crippen LogP contribution in [-0.2, 0) is 23.9 Å². The Morgan fingerprint density at radius 2 is 1.66 bits per heavy atom. The smallest absolute Gasteiger partial charge is 0.304 e. The lowest BCUT2D eigenvalue weighted by Crippen LogP contribution is -2.67. The summed E-state index contributed by atoms with van der Waals surface area (Å²) in [5, 5.41) is 46.4. The molecule has 4 aliphatic carbocycles. The summed E-state index contributed by atoms with van der Waals surface area (Å²) < 4.78 is 11.7. The first kappa shape index (κ1) is 30.5. The second-order valence-corrected chi connectivity index (χ2v) is 15.1. The Bertz CT molecular complexity index is 1220. The first-order valence-electron chi connectivity index (χ1n) is 14.8. The molecule has 0 bridgehead atoms. The van der Waals surface area contributed by atoms with E-state index in [1.807, 2.05) is 33.8 Å². The van der Waals surface area contributed by atoms with Crippen LogP contribution in [0.25, 0.3) is 0 Å². The second-order valence-electron chi connectivity index (χ2n) is 15.1. The van der Waals surface area contributed by atoms with Crippen LogP contribution in [0.2, 0.25) is 0 Å². The molecule has 3 fully saturated rings. The van der Waals surface area contributed by atoms with Crippen LogP contribution in [0, 0.1) is 45.3 Å². The molecule has 12 atom stereocenters. The topological polar surface area (TPSA) is 151 Å². The third-order valence-electron chi connectivity index (χ3n) is 11.9. The van der Waals surface area contributed by atoms with Gasteiger partial charge in [-0.05, 0) is 49.5 Å². The highest BCUT2D eigenvalue weighted by Gasteiger charge is 2.71. The lowest BCUT2D eigenvalue weighted by Gasteiger charge is -2.67. The van der Waals surface area contributed by atoms with Crippen LogP contribution in [0.15, 0.2) is 23.8 Å². The molecule has 0 amide bonds. The van der Waals surface area contributed by atoms with Crippen molar-refractivity contribution in [3.63, 3.8) is 0 Å². The van der Waals surface area contributed by atoms with E-state index in [0.29, 0.717) is 6.42 Å². The van der Waals surface area contributed by atoms with Gasteiger partial charge in [-0.3, -0.25) is 14.4 Å². The summed E-state index contributed by atoms with van der Waals surface area (Å²) in [6, 6.07) is 0. The van der Waals surface area contributed by atoms with Crippen molar-refractivity contribution in [2.45, 2.75) is 111 Å². The first-order chi connectivity index (χ1) is 18.7. The van der Waals surface area contributed by atoms with E-state index < -0.39 is 87.5 Å². The van der Waals surface area contributed by atoms with E-state index in [-0.39, 0.29) is 24.5 Å². The normalized spacial score (nSPS) is 50.2. The molecular formula is C32H46O9. The lowest BCUT2D eigenvalue weighted by atomic mass is 9.37. The van der Waals surface area contributed by atoms with Gasteiger partial charge >= 0.3 is 5.97 Å². The minimum Gasteiger partial charge on any atom is -0.436 e. The number of carbonyl (C=O) groups is 3. The van der Waals surface area contributed by atoms with Gasteiger partial charge in [-0.25, -0.2) is 0 Å². The molecule has 1 aliphatic heterocycles. The van der Waals surface area contributed by atoms with Crippen molar-refractivity contribution in [2.24, 2.45) is 45.3 Å². The standard InChI is InChI=1S/C32H46O9/c1-15(33)40-27-16(11-18(35)26(39)29(4,5)41-27)24-17(34)12-21-31(24,7)14-19(36)25-30(6)10-9-22(37)28(2,3)20(30)13-23(38)32(21,25)8/h9-10,12,16-17,19-20,23-27,34,36,38-39H,11,13-14H2,1-8H3/t16?,17-,19-,20+,23-,24-,25-,26?,27?,30+,31-,32-/m1/s1. The van der Waals surface area contributed by atoms with Crippen LogP contribution in [0.4, 0.5) is 0 Å². The van der Waals surface area contributed by atoms with E-state index in [2.05, 4.69) is 6.92 Å². The van der Waals surface area contributed by atoms with Crippen LogP contribution in [0.1, 0.15) is 74.7 Å². The van der Waals surface area contributed by atoms with Gasteiger partial charge in [0.05, 0.1) is 23.9 Å². The molecule has 0 aromatic carbocycles. The van der Waals surface area contributed by atoms with Crippen LogP contribution < -0.4 is 0 Å². The minimum absolute atomic E-state index is 0.00105. The molecule has 228 valence electrons. The number of carbonyl (C=O) groups excluding carboxylic acids is 3. The minimum atomic E-state index is -1.45. The average Bonchev–Trinajstić information content (AvgIpc) is 3.07. The number of aliphatic hydroxyl groups is 4. The molecule has 9 nitrogen and oxygen atoms in total. The number of rotatable bonds is 2. The van der Waals surface area contributed by atoms with Crippen molar-refractivity contribution in [3.8, 4) is 0 Å². The Morgan fingerprint density at radius 1 is 1.02 bits per heavy atom. The van der Waals surface area contributed by atoms with Gasteiger partial charge < -0.3 is 29.9 Å². The number of ether oxygens (including phenoxy) is 2. The Balaban J connectivity index is 1.61. The third kappa shape index (κ3) is 4.09. The van der Waals surface area contributed by atoms with Crippen LogP contribution in [0.5, 0.6) is 0 Å². The molecule has 1 saturated heterocycles. The number of Topliss-reactive ketones (excluding diaryl/α,β-unsaturated/α-hetero) is 1. The van der Waals surface area contributed by atoms with E-state index >= 15 is 0 Å². The highest BCUT2D eigenvalue weighted by atomic mass is 16.7. The summed E-state index contributed by atoms with van der Waals surface area (Å²) >= 11 is 0. The zero-order valence-electron chi connectivity index (χ0n) is 25.4. The molecule has 2 saturated carbocycles. The molecule has 5 rings (SSSR count). The molecule has 3 unspecified atom stereocenters. The molecule has 4 N–H and O–H groups in total. The first-order valence-corrected chi connectivity index (χ1v) is 14.8. The predicted molar refractivity (Wildman–Crippen MR) is 148 cm³/mol. The Morgan fingerprint density at radius 3 is 2.27 bits per heavy atom. The van der Waals surface area contributed by atoms with Gasteiger partial charge in [0.15, 0.2) is 11.6 Å². The highest BCUT2D eigenvalue weighted by Crippen LogP contribution is 2.72. The monoisotopic (exact) mass is 574 g/mol. The SMILES string of the molecule is CC(=O)OC1OC(C)(C)C(O)C(=O)CC1[C@@H]1[C@H](O)C=C2[C@]3(C)[C@H](O)C[C@H]4C(C)(C)C(=O)C=C[C@]4(C)[C@H]3[C@H](O)C[C@]21C. The van der Waals surface area contributed by atoms with Crippen molar-refractivity contribution in [1.82, 2.24) is 0 Å². The predicted octanol–water partition coefficient (Wildman–Crippen LogP) is 2.48. The number of hydrogen-bond donors (Lipinski definition) is 4. The van der Waals surface area contributed by atoms with Gasteiger partial charge in [-0.2, -0.15) is 0 Å². The van der Waals surface area contributed by atoms with Crippen molar-refractivity contribution in [1.29, 1.82) is 0 Å². The number of aliphatic hydroxyl groups excluding tert-OH is 4. The van der Waals surface area contributed by atoms with Gasteiger partial charge in [0.25, 0.3) is 0 Å². The molecule has 1 heterocycles. The van der Waals surface area contributed by atoms with E-state index in [1.165, 1.54) is 6.92 Å². The zero-order chi connectivity index (χ0) is 30.7. The van der Waals surface area contributed by atoms with Crippen LogP contribution in [-0.4, -0.2) is 74.3 Å². The van der Waals surface area contributed by atoms with Crippen LogP contribution >= 0.6 is 0 Å². The number of allylic oxidation sites excluding steroid dienone is 2. The Hall–Kier alpha value is -1.91. The summed E-state index contributed by atoms with van der Waals surface area (Å²) in [5.74, 6) is -3.28. The molecule has 0 spiro atoms. The molecule has 0 aromatic heterocycles. The maximum atomic E-state index is 13.2. The van der Waals surface area contributed by atoms with Gasteiger partial charge in [-0.15, -0.1) is 0 Å².